The van der Waals surface area contributed by atoms with Crippen molar-refractivity contribution in [3.8, 4) is 11.5 Å². The van der Waals surface area contributed by atoms with Gasteiger partial charge in [0.15, 0.2) is 0 Å². The summed E-state index contributed by atoms with van der Waals surface area (Å²) in [5, 5.41) is 0. The zero-order chi connectivity index (χ0) is 17.7. The molecule has 2 aliphatic rings. The Morgan fingerprint density at radius 3 is 2.04 bits per heavy atom. The van der Waals surface area contributed by atoms with Gasteiger partial charge in [0.2, 0.25) is 0 Å². The number of hydrogen-bond donors (Lipinski definition) is 0. The highest BCUT2D eigenvalue weighted by Gasteiger charge is 2.33. The van der Waals surface area contributed by atoms with Gasteiger partial charge in [-0.3, -0.25) is 4.90 Å². The minimum absolute atomic E-state index is 0.557. The van der Waals surface area contributed by atoms with Crippen molar-refractivity contribution in [2.24, 2.45) is 0 Å². The molecule has 0 N–H and O–H groups in total. The molecule has 7 nitrogen and oxygen atoms in total. The summed E-state index contributed by atoms with van der Waals surface area (Å²) in [5.74, 6) is 1.62. The number of benzene rings is 1. The second-order valence-electron chi connectivity index (χ2n) is 6.38. The summed E-state index contributed by atoms with van der Waals surface area (Å²) < 4.78 is 39.2. The van der Waals surface area contributed by atoms with Crippen LogP contribution in [0.3, 0.4) is 0 Å². The van der Waals surface area contributed by atoms with Gasteiger partial charge >= 0.3 is 0 Å². The smallest absolute Gasteiger partial charge is 0.282 e. The van der Waals surface area contributed by atoms with Crippen LogP contribution in [0, 0.1) is 0 Å². The largest absolute Gasteiger partial charge is 0.497 e. The lowest BCUT2D eigenvalue weighted by atomic mass is 10.3. The Labute approximate surface area is 150 Å². The van der Waals surface area contributed by atoms with Crippen LogP contribution in [0.1, 0.15) is 12.8 Å². The zero-order valence-corrected chi connectivity index (χ0v) is 15.6. The fraction of sp³-hybridized carbons (Fsp3) is 0.647. The van der Waals surface area contributed by atoms with Gasteiger partial charge in [-0.05, 0) is 37.1 Å². The Kier molecular flexibility index (Phi) is 6.16. The van der Waals surface area contributed by atoms with E-state index in [4.69, 9.17) is 9.47 Å². The highest BCUT2D eigenvalue weighted by Crippen LogP contribution is 2.19. The van der Waals surface area contributed by atoms with Crippen LogP contribution < -0.4 is 9.47 Å². The van der Waals surface area contributed by atoms with Crippen molar-refractivity contribution < 1.29 is 17.9 Å². The Morgan fingerprint density at radius 1 is 0.880 bits per heavy atom. The van der Waals surface area contributed by atoms with Crippen LogP contribution in [0.25, 0.3) is 0 Å². The van der Waals surface area contributed by atoms with E-state index in [9.17, 15) is 8.42 Å². The van der Waals surface area contributed by atoms with E-state index in [0.29, 0.717) is 32.8 Å². The standard InChI is InChI=1S/C17H27N3O4S/c1-23-16-4-6-17(7-5-16)24-15-14-18-10-12-20(13-11-18)25(21,22)19-8-2-3-9-19/h4-7H,2-3,8-15H2,1H3. The number of ether oxygens (including phenoxy) is 2. The van der Waals surface area contributed by atoms with Crippen molar-refractivity contribution in [2.75, 3.05) is 59.5 Å². The van der Waals surface area contributed by atoms with E-state index in [0.717, 1.165) is 44.0 Å². The molecule has 8 heteroatoms. The lowest BCUT2D eigenvalue weighted by molar-refractivity contribution is 0.155. The average molecular weight is 369 g/mol. The van der Waals surface area contributed by atoms with Crippen molar-refractivity contribution in [3.05, 3.63) is 24.3 Å². The van der Waals surface area contributed by atoms with Crippen LogP contribution in [0.5, 0.6) is 11.5 Å². The third-order valence-corrected chi connectivity index (χ3v) is 6.82. The molecule has 0 spiro atoms. The first-order valence-electron chi connectivity index (χ1n) is 8.84. The van der Waals surface area contributed by atoms with Crippen LogP contribution in [-0.4, -0.2) is 81.5 Å². The first-order chi connectivity index (χ1) is 12.1. The quantitative estimate of drug-likeness (QED) is 0.718. The van der Waals surface area contributed by atoms with Gasteiger partial charge in [-0.2, -0.15) is 17.0 Å². The zero-order valence-electron chi connectivity index (χ0n) is 14.8. The lowest BCUT2D eigenvalue weighted by Crippen LogP contribution is -2.53. The van der Waals surface area contributed by atoms with Crippen molar-refractivity contribution in [3.63, 3.8) is 0 Å². The molecular formula is C17H27N3O4S. The number of hydrogen-bond acceptors (Lipinski definition) is 5. The van der Waals surface area contributed by atoms with Crippen molar-refractivity contribution in [1.29, 1.82) is 0 Å². The van der Waals surface area contributed by atoms with Gasteiger partial charge in [0, 0.05) is 45.8 Å². The van der Waals surface area contributed by atoms with Gasteiger partial charge in [0.25, 0.3) is 10.2 Å². The van der Waals surface area contributed by atoms with Crippen molar-refractivity contribution in [2.45, 2.75) is 12.8 Å². The summed E-state index contributed by atoms with van der Waals surface area (Å²) >= 11 is 0. The van der Waals surface area contributed by atoms with E-state index in [-0.39, 0.29) is 0 Å². The molecule has 3 rings (SSSR count). The first-order valence-corrected chi connectivity index (χ1v) is 10.2. The summed E-state index contributed by atoms with van der Waals surface area (Å²) in [6.45, 7) is 5.33. The van der Waals surface area contributed by atoms with E-state index in [2.05, 4.69) is 4.90 Å². The number of rotatable bonds is 7. The Bertz CT molecular complexity index is 636. The third-order valence-electron chi connectivity index (χ3n) is 4.78. The normalized spacial score (nSPS) is 20.7. The van der Waals surface area contributed by atoms with Crippen LogP contribution in [0.15, 0.2) is 24.3 Å². The van der Waals surface area contributed by atoms with Crippen LogP contribution in [-0.2, 0) is 10.2 Å². The maximum Gasteiger partial charge on any atom is 0.282 e. The molecule has 0 saturated carbocycles. The predicted octanol–water partition coefficient (Wildman–Crippen LogP) is 1.03. The molecule has 0 bridgehead atoms. The number of nitrogens with zero attached hydrogens (tertiary/aromatic N) is 3. The molecule has 2 aliphatic heterocycles. The number of methoxy groups -OCH3 is 1. The SMILES string of the molecule is COc1ccc(OCCN2CCN(S(=O)(=O)N3CCCC3)CC2)cc1. The number of piperazine rings is 1. The van der Waals surface area contributed by atoms with Gasteiger partial charge < -0.3 is 9.47 Å². The van der Waals surface area contributed by atoms with Crippen LogP contribution in [0.4, 0.5) is 0 Å². The molecule has 0 atom stereocenters. The summed E-state index contributed by atoms with van der Waals surface area (Å²) in [6, 6.07) is 7.52. The molecule has 2 heterocycles. The predicted molar refractivity (Wildman–Crippen MR) is 96.2 cm³/mol. The Balaban J connectivity index is 1.40. The molecule has 0 radical (unpaired) electrons. The van der Waals surface area contributed by atoms with Gasteiger partial charge in [0.1, 0.15) is 18.1 Å². The molecule has 25 heavy (non-hydrogen) atoms. The van der Waals surface area contributed by atoms with E-state index in [1.165, 1.54) is 0 Å². The van der Waals surface area contributed by atoms with Crippen molar-refractivity contribution in [1.82, 2.24) is 13.5 Å². The minimum Gasteiger partial charge on any atom is -0.497 e. The second-order valence-corrected chi connectivity index (χ2v) is 8.31. The van der Waals surface area contributed by atoms with Crippen molar-refractivity contribution >= 4 is 10.2 Å². The van der Waals surface area contributed by atoms with E-state index in [1.54, 1.807) is 15.7 Å². The maximum atomic E-state index is 12.5. The van der Waals surface area contributed by atoms with Gasteiger partial charge in [-0.25, -0.2) is 0 Å². The molecule has 0 aliphatic carbocycles. The second kappa shape index (κ2) is 8.35. The fourth-order valence-corrected chi connectivity index (χ4v) is 4.90. The van der Waals surface area contributed by atoms with Crippen LogP contribution >= 0.6 is 0 Å². The summed E-state index contributed by atoms with van der Waals surface area (Å²) in [7, 11) is -1.62. The van der Waals surface area contributed by atoms with E-state index in [1.807, 2.05) is 24.3 Å². The monoisotopic (exact) mass is 369 g/mol. The third kappa shape index (κ3) is 4.63. The fourth-order valence-electron chi connectivity index (χ4n) is 3.23. The minimum atomic E-state index is -3.26. The molecule has 1 aromatic carbocycles. The summed E-state index contributed by atoms with van der Waals surface area (Å²) in [6.07, 6.45) is 1.95. The molecule has 1 aromatic rings. The molecule has 140 valence electrons. The highest BCUT2D eigenvalue weighted by molar-refractivity contribution is 7.86. The summed E-state index contributed by atoms with van der Waals surface area (Å²) in [4.78, 5) is 2.25. The molecule has 0 unspecified atom stereocenters. The topological polar surface area (TPSA) is 62.3 Å². The van der Waals surface area contributed by atoms with Crippen LogP contribution in [0.2, 0.25) is 0 Å². The first kappa shape index (κ1) is 18.4. The van der Waals surface area contributed by atoms with Gasteiger partial charge in [-0.15, -0.1) is 0 Å². The molecule has 0 amide bonds. The molecule has 0 aromatic heterocycles. The molecular weight excluding hydrogens is 342 g/mol. The average Bonchev–Trinajstić information content (AvgIpc) is 3.18. The van der Waals surface area contributed by atoms with Gasteiger partial charge in [0.05, 0.1) is 7.11 Å². The maximum absolute atomic E-state index is 12.5. The van der Waals surface area contributed by atoms with E-state index < -0.39 is 10.2 Å². The van der Waals surface area contributed by atoms with Gasteiger partial charge in [-0.1, -0.05) is 0 Å². The summed E-state index contributed by atoms with van der Waals surface area (Å²) in [5.41, 5.74) is 0. The molecule has 2 fully saturated rings. The molecule has 2 saturated heterocycles. The lowest BCUT2D eigenvalue weighted by Gasteiger charge is -2.35. The highest BCUT2D eigenvalue weighted by atomic mass is 32.2. The Hall–Kier alpha value is -1.35. The Morgan fingerprint density at radius 2 is 1.44 bits per heavy atom. The van der Waals surface area contributed by atoms with E-state index >= 15 is 0 Å².